The van der Waals surface area contributed by atoms with Crippen molar-refractivity contribution in [3.05, 3.63) is 33.2 Å². The average molecular weight is 305 g/mol. The highest BCUT2D eigenvalue weighted by atomic mass is 16.5. The smallest absolute Gasteiger partial charge is 0.255 e. The van der Waals surface area contributed by atoms with Gasteiger partial charge in [-0.3, -0.25) is 4.79 Å². The summed E-state index contributed by atoms with van der Waals surface area (Å²) in [6.07, 6.45) is 3.34. The summed E-state index contributed by atoms with van der Waals surface area (Å²) in [5, 5.41) is 3.29. The lowest BCUT2D eigenvalue weighted by Gasteiger charge is -2.29. The van der Waals surface area contributed by atoms with E-state index in [0.717, 1.165) is 51.1 Å². The van der Waals surface area contributed by atoms with Gasteiger partial charge in [-0.1, -0.05) is 6.92 Å². The highest BCUT2D eigenvalue weighted by Crippen LogP contribution is 2.20. The van der Waals surface area contributed by atoms with Crippen molar-refractivity contribution >= 4 is 0 Å². The summed E-state index contributed by atoms with van der Waals surface area (Å²) in [6, 6.07) is 2.11. The Bertz CT molecular complexity index is 576. The minimum atomic E-state index is 0.166. The van der Waals surface area contributed by atoms with Crippen molar-refractivity contribution in [1.29, 1.82) is 0 Å². The monoisotopic (exact) mass is 305 g/mol. The van der Waals surface area contributed by atoms with Crippen LogP contribution in [0.4, 0.5) is 0 Å². The molecule has 1 aromatic heterocycles. The van der Waals surface area contributed by atoms with Gasteiger partial charge in [-0.05, 0) is 38.1 Å². The summed E-state index contributed by atoms with van der Waals surface area (Å²) in [5.74, 6) is 0. The summed E-state index contributed by atoms with van der Waals surface area (Å²) < 4.78 is 7.76. The number of likely N-dealkylation sites (N-methyl/N-ethyl adjacent to an activating group) is 1. The first-order chi connectivity index (χ1) is 10.7. The van der Waals surface area contributed by atoms with E-state index >= 15 is 0 Å². The van der Waals surface area contributed by atoms with Crippen LogP contribution >= 0.6 is 0 Å². The van der Waals surface area contributed by atoms with Crippen LogP contribution in [0.25, 0.3) is 0 Å². The molecular weight excluding hydrogens is 278 g/mol. The molecule has 0 saturated carbocycles. The van der Waals surface area contributed by atoms with Crippen LogP contribution in [0.5, 0.6) is 0 Å². The average Bonchev–Trinajstić information content (AvgIpc) is 3.01. The summed E-state index contributed by atoms with van der Waals surface area (Å²) in [7, 11) is 2.14. The molecule has 0 aromatic carbocycles. The fourth-order valence-corrected chi connectivity index (χ4v) is 3.50. The van der Waals surface area contributed by atoms with E-state index < -0.39 is 0 Å². The van der Waals surface area contributed by atoms with Gasteiger partial charge in [-0.25, -0.2) is 0 Å². The number of hydrogen-bond donors (Lipinski definition) is 1. The summed E-state index contributed by atoms with van der Waals surface area (Å²) in [5.41, 5.74) is 3.58. The fourth-order valence-electron chi connectivity index (χ4n) is 3.50. The van der Waals surface area contributed by atoms with Crippen LogP contribution in [0.3, 0.4) is 0 Å². The summed E-state index contributed by atoms with van der Waals surface area (Å²) in [4.78, 5) is 15.2. The lowest BCUT2D eigenvalue weighted by Crippen LogP contribution is -2.38. The van der Waals surface area contributed by atoms with E-state index in [0.29, 0.717) is 13.1 Å². The van der Waals surface area contributed by atoms with E-state index in [2.05, 4.69) is 30.3 Å². The molecule has 3 rings (SSSR count). The molecule has 1 saturated heterocycles. The molecule has 0 spiro atoms. The van der Waals surface area contributed by atoms with Gasteiger partial charge in [-0.15, -0.1) is 0 Å². The highest BCUT2D eigenvalue weighted by Gasteiger charge is 2.23. The molecule has 122 valence electrons. The number of pyridine rings is 1. The van der Waals surface area contributed by atoms with E-state index in [1.807, 2.05) is 4.57 Å². The zero-order valence-electron chi connectivity index (χ0n) is 13.7. The number of aromatic nitrogens is 1. The molecule has 22 heavy (non-hydrogen) atoms. The maximum absolute atomic E-state index is 12.9. The van der Waals surface area contributed by atoms with Crippen molar-refractivity contribution in [3.8, 4) is 0 Å². The van der Waals surface area contributed by atoms with E-state index in [4.69, 9.17) is 4.74 Å². The van der Waals surface area contributed by atoms with Gasteiger partial charge in [0.1, 0.15) is 0 Å². The normalized spacial score (nSPS) is 22.0. The highest BCUT2D eigenvalue weighted by molar-refractivity contribution is 5.29. The van der Waals surface area contributed by atoms with Crippen molar-refractivity contribution in [2.45, 2.75) is 51.9 Å². The Balaban J connectivity index is 1.96. The number of rotatable bonds is 5. The lowest BCUT2D eigenvalue weighted by molar-refractivity contribution is 0.0948. The van der Waals surface area contributed by atoms with Gasteiger partial charge < -0.3 is 19.5 Å². The third-order valence-electron chi connectivity index (χ3n) is 4.71. The molecule has 2 aliphatic heterocycles. The Morgan fingerprint density at radius 2 is 2.32 bits per heavy atom. The molecule has 5 heteroatoms. The van der Waals surface area contributed by atoms with Gasteiger partial charge in [0.05, 0.1) is 12.6 Å². The van der Waals surface area contributed by atoms with Crippen molar-refractivity contribution < 1.29 is 4.74 Å². The standard InChI is InChI=1S/C17H27N3O2/c1-3-18-10-13-9-14-11-19(2)7-6-16(14)20(17(13)21)12-15-5-4-8-22-15/h9,15,18H,3-8,10-12H2,1-2H3. The van der Waals surface area contributed by atoms with Gasteiger partial charge in [0.2, 0.25) is 0 Å². The maximum Gasteiger partial charge on any atom is 0.255 e. The predicted molar refractivity (Wildman–Crippen MR) is 87.1 cm³/mol. The first-order valence-electron chi connectivity index (χ1n) is 8.44. The Hall–Kier alpha value is -1.17. The van der Waals surface area contributed by atoms with Gasteiger partial charge in [0.15, 0.2) is 0 Å². The molecule has 1 atom stereocenters. The molecule has 5 nitrogen and oxygen atoms in total. The van der Waals surface area contributed by atoms with Gasteiger partial charge in [0.25, 0.3) is 5.56 Å². The third kappa shape index (κ3) is 3.26. The molecule has 0 radical (unpaired) electrons. The minimum absolute atomic E-state index is 0.166. The second kappa shape index (κ2) is 6.94. The Labute approximate surface area is 132 Å². The summed E-state index contributed by atoms with van der Waals surface area (Å²) >= 11 is 0. The molecule has 0 bridgehead atoms. The fraction of sp³-hybridized carbons (Fsp3) is 0.706. The lowest BCUT2D eigenvalue weighted by atomic mass is 10.0. The Morgan fingerprint density at radius 1 is 1.45 bits per heavy atom. The predicted octanol–water partition coefficient (Wildman–Crippen LogP) is 1.12. The van der Waals surface area contributed by atoms with E-state index in [9.17, 15) is 4.79 Å². The van der Waals surface area contributed by atoms with Crippen molar-refractivity contribution in [3.63, 3.8) is 0 Å². The van der Waals surface area contributed by atoms with Crippen LogP contribution in [0, 0.1) is 0 Å². The quantitative estimate of drug-likeness (QED) is 0.886. The maximum atomic E-state index is 12.9. The molecule has 0 amide bonds. The van der Waals surface area contributed by atoms with Crippen LogP contribution in [-0.4, -0.2) is 42.3 Å². The number of fused-ring (bicyclic) bond motifs is 1. The van der Waals surface area contributed by atoms with Crippen molar-refractivity contribution in [1.82, 2.24) is 14.8 Å². The van der Waals surface area contributed by atoms with Crippen LogP contribution < -0.4 is 10.9 Å². The van der Waals surface area contributed by atoms with Crippen LogP contribution in [0.1, 0.15) is 36.6 Å². The SMILES string of the molecule is CCNCc1cc2c(n(CC3CCCO3)c1=O)CCN(C)C2. The first-order valence-corrected chi connectivity index (χ1v) is 8.44. The van der Waals surface area contributed by atoms with E-state index in [1.165, 1.54) is 11.3 Å². The van der Waals surface area contributed by atoms with Gasteiger partial charge in [0, 0.05) is 43.9 Å². The molecule has 0 aliphatic carbocycles. The summed E-state index contributed by atoms with van der Waals surface area (Å²) in [6.45, 7) is 7.09. The zero-order valence-corrected chi connectivity index (χ0v) is 13.7. The van der Waals surface area contributed by atoms with Gasteiger partial charge in [-0.2, -0.15) is 0 Å². The largest absolute Gasteiger partial charge is 0.376 e. The van der Waals surface area contributed by atoms with E-state index in [1.54, 1.807) is 0 Å². The molecule has 3 heterocycles. The zero-order chi connectivity index (χ0) is 15.5. The van der Waals surface area contributed by atoms with E-state index in [-0.39, 0.29) is 11.7 Å². The molecule has 2 aliphatic rings. The van der Waals surface area contributed by atoms with Crippen LogP contribution in [0.2, 0.25) is 0 Å². The molecule has 1 N–H and O–H groups in total. The van der Waals surface area contributed by atoms with Crippen molar-refractivity contribution in [2.75, 3.05) is 26.7 Å². The minimum Gasteiger partial charge on any atom is -0.376 e. The van der Waals surface area contributed by atoms with Crippen molar-refractivity contribution in [2.24, 2.45) is 0 Å². The number of hydrogen-bond acceptors (Lipinski definition) is 4. The second-order valence-corrected chi connectivity index (χ2v) is 6.46. The first kappa shape index (κ1) is 15.7. The topological polar surface area (TPSA) is 46.5 Å². The Kier molecular flexibility index (Phi) is 4.96. The Morgan fingerprint density at radius 3 is 3.05 bits per heavy atom. The van der Waals surface area contributed by atoms with Crippen LogP contribution in [-0.2, 0) is 30.8 Å². The number of ether oxygens (including phenoxy) is 1. The second-order valence-electron chi connectivity index (χ2n) is 6.46. The number of nitrogens with zero attached hydrogens (tertiary/aromatic N) is 2. The van der Waals surface area contributed by atoms with Crippen LogP contribution in [0.15, 0.2) is 10.9 Å². The number of nitrogens with one attached hydrogen (secondary N) is 1. The molecular formula is C17H27N3O2. The third-order valence-corrected chi connectivity index (χ3v) is 4.71. The molecule has 1 fully saturated rings. The molecule has 1 aromatic rings. The van der Waals surface area contributed by atoms with Gasteiger partial charge >= 0.3 is 0 Å². The molecule has 1 unspecified atom stereocenters.